The van der Waals surface area contributed by atoms with E-state index in [9.17, 15) is 4.39 Å². The molecule has 8 heavy (non-hydrogen) atoms. The van der Waals surface area contributed by atoms with Crippen molar-refractivity contribution in [2.45, 2.75) is 26.4 Å². The largest absolute Gasteiger partial charge is 0.328 e. The molecule has 0 unspecified atom stereocenters. The zero-order chi connectivity index (χ0) is 6.57. The lowest BCUT2D eigenvalue weighted by Crippen LogP contribution is -2.22. The van der Waals surface area contributed by atoms with Crippen molar-refractivity contribution in [1.82, 2.24) is 0 Å². The standard InChI is InChI=1S/C6H14FN/c1-3-5(2)6(7)4-8/h5-6H,3-4,8H2,1-2H3/t5-,6+/m0/s1. The maximum atomic E-state index is 12.4. The third-order valence-electron chi connectivity index (χ3n) is 1.49. The van der Waals surface area contributed by atoms with Crippen molar-refractivity contribution in [3.05, 3.63) is 0 Å². The average molecular weight is 119 g/mol. The number of alkyl halides is 1. The number of hydrogen-bond donors (Lipinski definition) is 1. The summed E-state index contributed by atoms with van der Waals surface area (Å²) in [5.74, 6) is 0.125. The second-order valence-electron chi connectivity index (χ2n) is 2.14. The molecule has 0 saturated heterocycles. The van der Waals surface area contributed by atoms with E-state index in [1.54, 1.807) is 0 Å². The zero-order valence-electron chi connectivity index (χ0n) is 5.52. The summed E-state index contributed by atoms with van der Waals surface area (Å²) in [5, 5.41) is 0. The van der Waals surface area contributed by atoms with Crippen LogP contribution in [0.3, 0.4) is 0 Å². The summed E-state index contributed by atoms with van der Waals surface area (Å²) in [6.45, 7) is 4.00. The van der Waals surface area contributed by atoms with Gasteiger partial charge in [0.1, 0.15) is 6.17 Å². The lowest BCUT2D eigenvalue weighted by atomic mass is 10.0. The summed E-state index contributed by atoms with van der Waals surface area (Å²) < 4.78 is 12.4. The van der Waals surface area contributed by atoms with Crippen molar-refractivity contribution in [2.75, 3.05) is 6.54 Å². The summed E-state index contributed by atoms with van der Waals surface area (Å²) in [6, 6.07) is 0. The van der Waals surface area contributed by atoms with Gasteiger partial charge in [-0.1, -0.05) is 20.3 Å². The number of rotatable bonds is 3. The molecule has 2 N–H and O–H groups in total. The first-order valence-corrected chi connectivity index (χ1v) is 3.06. The van der Waals surface area contributed by atoms with Gasteiger partial charge < -0.3 is 5.73 Å². The van der Waals surface area contributed by atoms with Crippen LogP contribution in [0.25, 0.3) is 0 Å². The van der Waals surface area contributed by atoms with Gasteiger partial charge in [0, 0.05) is 6.54 Å². The predicted molar refractivity (Wildman–Crippen MR) is 33.4 cm³/mol. The Balaban J connectivity index is 3.29. The first kappa shape index (κ1) is 7.89. The van der Waals surface area contributed by atoms with Crippen LogP contribution in [-0.4, -0.2) is 12.7 Å². The highest BCUT2D eigenvalue weighted by Gasteiger charge is 2.10. The SMILES string of the molecule is CC[C@H](C)[C@H](F)CN. The second-order valence-corrected chi connectivity index (χ2v) is 2.14. The van der Waals surface area contributed by atoms with Gasteiger partial charge in [0.2, 0.25) is 0 Å². The molecular formula is C6H14FN. The van der Waals surface area contributed by atoms with Gasteiger partial charge in [0.05, 0.1) is 0 Å². The van der Waals surface area contributed by atoms with E-state index in [2.05, 4.69) is 0 Å². The summed E-state index contributed by atoms with van der Waals surface area (Å²) >= 11 is 0. The Morgan fingerprint density at radius 3 is 2.25 bits per heavy atom. The second kappa shape index (κ2) is 3.84. The van der Waals surface area contributed by atoms with Crippen LogP contribution in [0, 0.1) is 5.92 Å². The Labute approximate surface area is 50.1 Å². The molecule has 0 aromatic carbocycles. The van der Waals surface area contributed by atoms with Gasteiger partial charge in [-0.05, 0) is 5.92 Å². The fourth-order valence-electron chi connectivity index (χ4n) is 0.488. The molecule has 0 aromatic rings. The van der Waals surface area contributed by atoms with Crippen molar-refractivity contribution < 1.29 is 4.39 Å². The Morgan fingerprint density at radius 2 is 2.12 bits per heavy atom. The van der Waals surface area contributed by atoms with Crippen LogP contribution >= 0.6 is 0 Å². The number of hydrogen-bond acceptors (Lipinski definition) is 1. The van der Waals surface area contributed by atoms with Crippen LogP contribution in [0.4, 0.5) is 4.39 Å². The molecule has 50 valence electrons. The first-order valence-electron chi connectivity index (χ1n) is 3.06. The van der Waals surface area contributed by atoms with Gasteiger partial charge in [-0.15, -0.1) is 0 Å². The van der Waals surface area contributed by atoms with E-state index in [1.807, 2.05) is 13.8 Å². The third kappa shape index (κ3) is 2.26. The van der Waals surface area contributed by atoms with Crippen molar-refractivity contribution in [2.24, 2.45) is 11.7 Å². The smallest absolute Gasteiger partial charge is 0.115 e. The van der Waals surface area contributed by atoms with Crippen LogP contribution < -0.4 is 5.73 Å². The zero-order valence-corrected chi connectivity index (χ0v) is 5.52. The molecule has 0 saturated carbocycles. The molecule has 2 atom stereocenters. The Bertz CT molecular complexity index is 48.5. The Morgan fingerprint density at radius 1 is 1.62 bits per heavy atom. The highest BCUT2D eigenvalue weighted by Crippen LogP contribution is 2.08. The Hall–Kier alpha value is -0.110. The van der Waals surface area contributed by atoms with Gasteiger partial charge in [-0.2, -0.15) is 0 Å². The topological polar surface area (TPSA) is 26.0 Å². The van der Waals surface area contributed by atoms with Crippen molar-refractivity contribution >= 4 is 0 Å². The van der Waals surface area contributed by atoms with Crippen LogP contribution in [0.15, 0.2) is 0 Å². The van der Waals surface area contributed by atoms with E-state index >= 15 is 0 Å². The maximum Gasteiger partial charge on any atom is 0.115 e. The summed E-state index contributed by atoms with van der Waals surface area (Å²) in [5.41, 5.74) is 5.07. The molecule has 0 rings (SSSR count). The minimum atomic E-state index is -0.806. The molecule has 0 bridgehead atoms. The van der Waals surface area contributed by atoms with Gasteiger partial charge in [0.25, 0.3) is 0 Å². The highest BCUT2D eigenvalue weighted by atomic mass is 19.1. The molecule has 0 amide bonds. The van der Waals surface area contributed by atoms with Crippen LogP contribution in [0.2, 0.25) is 0 Å². The first-order chi connectivity index (χ1) is 3.72. The summed E-state index contributed by atoms with van der Waals surface area (Å²) in [4.78, 5) is 0. The van der Waals surface area contributed by atoms with Crippen LogP contribution in [0.1, 0.15) is 20.3 Å². The molecule has 0 radical (unpaired) electrons. The molecule has 0 aliphatic rings. The van der Waals surface area contributed by atoms with Gasteiger partial charge in [-0.25, -0.2) is 4.39 Å². The molecule has 0 spiro atoms. The highest BCUT2D eigenvalue weighted by molar-refractivity contribution is 4.62. The molecular weight excluding hydrogens is 105 g/mol. The monoisotopic (exact) mass is 119 g/mol. The molecule has 0 aliphatic carbocycles. The average Bonchev–Trinajstić information content (AvgIpc) is 1.84. The van der Waals surface area contributed by atoms with E-state index in [-0.39, 0.29) is 12.5 Å². The third-order valence-corrected chi connectivity index (χ3v) is 1.49. The fourth-order valence-corrected chi connectivity index (χ4v) is 0.488. The van der Waals surface area contributed by atoms with E-state index in [4.69, 9.17) is 5.73 Å². The molecule has 2 heteroatoms. The summed E-state index contributed by atoms with van der Waals surface area (Å²) in [6.07, 6.45) is 0.0678. The molecule has 0 aliphatic heterocycles. The minimum absolute atomic E-state index is 0.125. The van der Waals surface area contributed by atoms with Crippen LogP contribution in [0.5, 0.6) is 0 Å². The summed E-state index contributed by atoms with van der Waals surface area (Å²) in [7, 11) is 0. The predicted octanol–water partition coefficient (Wildman–Crippen LogP) is 1.33. The molecule has 1 nitrogen and oxygen atoms in total. The lowest BCUT2D eigenvalue weighted by Gasteiger charge is -2.10. The lowest BCUT2D eigenvalue weighted by molar-refractivity contribution is 0.244. The molecule has 0 heterocycles. The van der Waals surface area contributed by atoms with Gasteiger partial charge in [-0.3, -0.25) is 0 Å². The number of halogens is 1. The van der Waals surface area contributed by atoms with E-state index < -0.39 is 6.17 Å². The maximum absolute atomic E-state index is 12.4. The van der Waals surface area contributed by atoms with Crippen molar-refractivity contribution in [1.29, 1.82) is 0 Å². The molecule has 0 aromatic heterocycles. The van der Waals surface area contributed by atoms with Gasteiger partial charge >= 0.3 is 0 Å². The quantitative estimate of drug-likeness (QED) is 0.596. The minimum Gasteiger partial charge on any atom is -0.328 e. The van der Waals surface area contributed by atoms with E-state index in [0.717, 1.165) is 6.42 Å². The van der Waals surface area contributed by atoms with Crippen molar-refractivity contribution in [3.8, 4) is 0 Å². The normalized spacial score (nSPS) is 18.0. The fraction of sp³-hybridized carbons (Fsp3) is 1.00. The molecule has 0 fully saturated rings. The van der Waals surface area contributed by atoms with Crippen LogP contribution in [-0.2, 0) is 0 Å². The Kier molecular flexibility index (Phi) is 3.79. The van der Waals surface area contributed by atoms with E-state index in [0.29, 0.717) is 0 Å². The van der Waals surface area contributed by atoms with E-state index in [1.165, 1.54) is 0 Å². The number of nitrogens with two attached hydrogens (primary N) is 1. The van der Waals surface area contributed by atoms with Crippen molar-refractivity contribution in [3.63, 3.8) is 0 Å². The van der Waals surface area contributed by atoms with Gasteiger partial charge in [0.15, 0.2) is 0 Å².